The maximum Gasteiger partial charge on any atom is 0.262 e. The highest BCUT2D eigenvalue weighted by molar-refractivity contribution is 9.10. The molecule has 3 aromatic carbocycles. The van der Waals surface area contributed by atoms with Gasteiger partial charge in [-0.1, -0.05) is 53.7 Å². The van der Waals surface area contributed by atoms with E-state index in [1.54, 1.807) is 25.4 Å². The highest BCUT2D eigenvalue weighted by Crippen LogP contribution is 2.36. The van der Waals surface area contributed by atoms with Crippen LogP contribution in [0.3, 0.4) is 0 Å². The molecule has 4 aliphatic rings. The van der Waals surface area contributed by atoms with Crippen LogP contribution in [0.2, 0.25) is 5.02 Å². The lowest BCUT2D eigenvalue weighted by atomic mass is 10.0. The fourth-order valence-electron chi connectivity index (χ4n) is 8.40. The van der Waals surface area contributed by atoms with E-state index in [2.05, 4.69) is 83.1 Å². The lowest BCUT2D eigenvalue weighted by molar-refractivity contribution is -0.136. The summed E-state index contributed by atoms with van der Waals surface area (Å²) in [6.45, 7) is 10.6. The van der Waals surface area contributed by atoms with Gasteiger partial charge in [-0.25, -0.2) is 4.98 Å². The number of nitrogens with zero attached hydrogens (tertiary/aromatic N) is 6. The van der Waals surface area contributed by atoms with Gasteiger partial charge in [-0.15, -0.1) is 0 Å². The van der Waals surface area contributed by atoms with Crippen LogP contribution in [0.25, 0.3) is 0 Å². The molecule has 1 unspecified atom stereocenters. The molecule has 0 aliphatic carbocycles. The summed E-state index contributed by atoms with van der Waals surface area (Å²) in [4.78, 5) is 68.3. The van der Waals surface area contributed by atoms with E-state index in [9.17, 15) is 19.2 Å². The second kappa shape index (κ2) is 17.5. The van der Waals surface area contributed by atoms with Crippen molar-refractivity contribution >= 4 is 93.2 Å². The number of imide groups is 2. The largest absolute Gasteiger partial charge is 0.494 e. The number of rotatable bonds is 11. The molecule has 59 heavy (non-hydrogen) atoms. The zero-order valence-corrected chi connectivity index (χ0v) is 36.4. The van der Waals surface area contributed by atoms with Gasteiger partial charge in [0.25, 0.3) is 11.8 Å². The van der Waals surface area contributed by atoms with Crippen molar-refractivity contribution in [3.63, 3.8) is 0 Å². The third-order valence-corrected chi connectivity index (χ3v) is 13.9. The van der Waals surface area contributed by atoms with Crippen molar-refractivity contribution in [2.24, 2.45) is 0 Å². The Labute approximate surface area is 357 Å². The Kier molecular flexibility index (Phi) is 12.2. The van der Waals surface area contributed by atoms with Crippen LogP contribution in [0.15, 0.2) is 65.3 Å². The average Bonchev–Trinajstić information content (AvgIpc) is 3.47. The molecule has 1 aromatic heterocycles. The predicted octanol–water partition coefficient (Wildman–Crippen LogP) is 5.94. The first-order valence-electron chi connectivity index (χ1n) is 19.7. The van der Waals surface area contributed by atoms with Crippen LogP contribution in [0.1, 0.15) is 52.0 Å². The third-order valence-electron chi connectivity index (χ3n) is 11.6. The smallest absolute Gasteiger partial charge is 0.262 e. The van der Waals surface area contributed by atoms with E-state index in [-0.39, 0.29) is 26.3 Å². The molecule has 17 heteroatoms. The zero-order chi connectivity index (χ0) is 41.4. The molecule has 3 N–H and O–H groups in total. The van der Waals surface area contributed by atoms with Gasteiger partial charge in [-0.05, 0) is 86.9 Å². The number of benzene rings is 3. The quantitative estimate of drug-likeness (QED) is 0.121. The van der Waals surface area contributed by atoms with Crippen LogP contribution < -0.4 is 30.9 Å². The monoisotopic (exact) mass is 901 g/mol. The van der Waals surface area contributed by atoms with Gasteiger partial charge in [0, 0.05) is 67.1 Å². The summed E-state index contributed by atoms with van der Waals surface area (Å²) >= 11 is 10.2. The topological polar surface area (TPSA) is 152 Å². The Morgan fingerprint density at radius 1 is 0.898 bits per heavy atom. The Hall–Kier alpha value is -4.66. The Morgan fingerprint density at radius 2 is 1.63 bits per heavy atom. The highest BCUT2D eigenvalue weighted by Gasteiger charge is 2.45. The minimum absolute atomic E-state index is 0.0872. The zero-order valence-electron chi connectivity index (χ0n) is 33.1. The summed E-state index contributed by atoms with van der Waals surface area (Å²) in [6, 6.07) is 17.3. The van der Waals surface area contributed by atoms with E-state index in [1.807, 2.05) is 24.3 Å². The number of hydrogen-bond donors (Lipinski definition) is 3. The fourth-order valence-corrected chi connectivity index (χ4v) is 10.0. The molecule has 308 valence electrons. The maximum absolute atomic E-state index is 13.4. The molecule has 0 spiro atoms. The van der Waals surface area contributed by atoms with E-state index >= 15 is 0 Å². The number of piperidine rings is 2. The van der Waals surface area contributed by atoms with Crippen molar-refractivity contribution < 1.29 is 23.9 Å². The number of halogens is 2. The van der Waals surface area contributed by atoms with E-state index in [1.165, 1.54) is 5.30 Å². The van der Waals surface area contributed by atoms with E-state index in [4.69, 9.17) is 21.3 Å². The minimum Gasteiger partial charge on any atom is -0.494 e. The molecule has 0 bridgehead atoms. The van der Waals surface area contributed by atoms with Crippen molar-refractivity contribution in [3.05, 3.63) is 87.0 Å². The highest BCUT2D eigenvalue weighted by atomic mass is 79.9. The molecule has 14 nitrogen and oxygen atoms in total. The molecule has 4 aliphatic heterocycles. The van der Waals surface area contributed by atoms with Gasteiger partial charge in [0.15, 0.2) is 5.82 Å². The number of aromatic nitrogens is 2. The van der Waals surface area contributed by atoms with Crippen molar-refractivity contribution in [1.82, 2.24) is 30.0 Å². The van der Waals surface area contributed by atoms with Gasteiger partial charge in [-0.2, -0.15) is 4.98 Å². The van der Waals surface area contributed by atoms with Crippen LogP contribution in [0.5, 0.6) is 5.75 Å². The van der Waals surface area contributed by atoms with Crippen molar-refractivity contribution in [3.8, 4) is 5.75 Å². The molecule has 0 saturated carbocycles. The molecule has 4 amide bonds. The number of amides is 4. The lowest BCUT2D eigenvalue weighted by Gasteiger charge is -2.43. The van der Waals surface area contributed by atoms with Crippen LogP contribution in [-0.2, 0) is 16.1 Å². The second-order valence-corrected chi connectivity index (χ2v) is 18.9. The van der Waals surface area contributed by atoms with Crippen molar-refractivity contribution in [2.75, 3.05) is 75.2 Å². The number of para-hydroxylation sites is 1. The summed E-state index contributed by atoms with van der Waals surface area (Å²) in [5.74, 6) is -0.378. The molecule has 3 saturated heterocycles. The Balaban J connectivity index is 0.840. The van der Waals surface area contributed by atoms with E-state index in [0.29, 0.717) is 40.7 Å². The molecule has 1 atom stereocenters. The van der Waals surface area contributed by atoms with Crippen LogP contribution in [0, 0.1) is 0 Å². The number of piperazine rings is 1. The SMILES string of the molecule is COc1cc(N2CCN(C3CCN(Cc4cc5c(cc4Br)C(=O)N(C4CCC(=O)NC4=O)C5=O)CC3)CC2)ccc1Nc1ncc(Cl)c(Nc2ccccc2P(C)C)n1. The molecule has 8 rings (SSSR count). The van der Waals surface area contributed by atoms with Gasteiger partial charge < -0.3 is 20.3 Å². The normalized spacial score (nSPS) is 19.3. The van der Waals surface area contributed by atoms with Crippen LogP contribution >= 0.6 is 35.5 Å². The molecule has 4 aromatic rings. The summed E-state index contributed by atoms with van der Waals surface area (Å²) in [5, 5.41) is 10.6. The molecule has 5 heterocycles. The third kappa shape index (κ3) is 8.67. The van der Waals surface area contributed by atoms with Crippen LogP contribution in [0.4, 0.5) is 28.8 Å². The fraction of sp³-hybridized carbons (Fsp3) is 0.381. The van der Waals surface area contributed by atoms with Gasteiger partial charge in [0.05, 0.1) is 30.1 Å². The second-order valence-electron chi connectivity index (χ2n) is 15.4. The first-order valence-corrected chi connectivity index (χ1v) is 23.1. The summed E-state index contributed by atoms with van der Waals surface area (Å²) < 4.78 is 6.58. The number of ether oxygens (including phenoxy) is 1. The van der Waals surface area contributed by atoms with Gasteiger partial charge in [-0.3, -0.25) is 39.2 Å². The predicted molar refractivity (Wildman–Crippen MR) is 234 cm³/mol. The molecule has 3 fully saturated rings. The number of methoxy groups -OCH3 is 1. The van der Waals surface area contributed by atoms with E-state index < -0.39 is 29.7 Å². The lowest BCUT2D eigenvalue weighted by Crippen LogP contribution is -2.54. The number of hydrogen-bond acceptors (Lipinski definition) is 12. The number of fused-ring (bicyclic) bond motifs is 1. The maximum atomic E-state index is 13.4. The number of carbonyl (C=O) groups is 4. The molecular weight excluding hydrogens is 857 g/mol. The van der Waals surface area contributed by atoms with Gasteiger partial charge in [0.1, 0.15) is 16.8 Å². The van der Waals surface area contributed by atoms with Crippen molar-refractivity contribution in [1.29, 1.82) is 0 Å². The molecular formula is C42H46BrClN9O5P. The molecule has 0 radical (unpaired) electrons. The average molecular weight is 903 g/mol. The summed E-state index contributed by atoms with van der Waals surface area (Å²) in [7, 11) is 1.33. The number of likely N-dealkylation sites (tertiary alicyclic amines) is 1. The first kappa shape index (κ1) is 41.1. The number of nitrogens with one attached hydrogen (secondary N) is 3. The van der Waals surface area contributed by atoms with Gasteiger partial charge >= 0.3 is 0 Å². The summed E-state index contributed by atoms with van der Waals surface area (Å²) in [5.41, 5.74) is 4.32. The Morgan fingerprint density at radius 3 is 2.34 bits per heavy atom. The minimum atomic E-state index is -0.984. The summed E-state index contributed by atoms with van der Waals surface area (Å²) in [6.07, 6.45) is 3.88. The van der Waals surface area contributed by atoms with Crippen molar-refractivity contribution in [2.45, 2.75) is 44.3 Å². The standard InChI is InChI=1S/C42H46BrClN9O5P/c1-58-35-21-27(8-9-32(35)47-42-45-23-31(44)38(49-42)46-33-6-4-5-7-36(33)59(2)3)52-18-16-51(17-19-52)26-12-14-50(15-13-26)24-25-20-28-29(22-30(25)43)41(57)53(40(28)56)34-10-11-37(54)48-39(34)55/h4-9,20-23,26,34H,10-19,24H2,1-3H3,(H,48,54,55)(H2,45,46,47,49). The number of carbonyl (C=O) groups excluding carboxylic acids is 4. The van der Waals surface area contributed by atoms with Crippen LogP contribution in [-0.4, -0.2) is 120 Å². The number of anilines is 5. The first-order chi connectivity index (χ1) is 28.5. The van der Waals surface area contributed by atoms with Gasteiger partial charge in [0.2, 0.25) is 17.8 Å². The Bertz CT molecular complexity index is 2300. The van der Waals surface area contributed by atoms with E-state index in [0.717, 1.165) is 84.1 Å².